The van der Waals surface area contributed by atoms with Gasteiger partial charge in [0.1, 0.15) is 5.75 Å². The standard InChI is InChI=1S/C23H28Cl2N2O4S/c1-3-31-21-10-7-17(8-11-21)16(2)26-23(28)18-5-4-12-27(14-18)32(29,30)15-19-6-9-20(24)13-22(19)25/h6-11,13,16,18H,3-5,12,14-15H2,1-2H3,(H,26,28)/t16-,18+/m1/s1. The van der Waals surface area contributed by atoms with Crippen LogP contribution in [0.3, 0.4) is 0 Å². The number of hydrogen-bond donors (Lipinski definition) is 1. The van der Waals surface area contributed by atoms with Crippen LogP contribution in [0.15, 0.2) is 42.5 Å². The van der Waals surface area contributed by atoms with E-state index in [0.29, 0.717) is 41.6 Å². The molecule has 1 saturated heterocycles. The Balaban J connectivity index is 1.62. The van der Waals surface area contributed by atoms with Gasteiger partial charge in [0.25, 0.3) is 0 Å². The maximum Gasteiger partial charge on any atom is 0.224 e. The number of rotatable bonds is 8. The third-order valence-electron chi connectivity index (χ3n) is 5.55. The van der Waals surface area contributed by atoms with Gasteiger partial charge in [-0.15, -0.1) is 0 Å². The molecule has 32 heavy (non-hydrogen) atoms. The van der Waals surface area contributed by atoms with Crippen molar-refractivity contribution >= 4 is 39.1 Å². The molecule has 2 atom stereocenters. The smallest absolute Gasteiger partial charge is 0.224 e. The molecule has 0 aromatic heterocycles. The highest BCUT2D eigenvalue weighted by molar-refractivity contribution is 7.88. The number of carbonyl (C=O) groups is 1. The molecule has 6 nitrogen and oxygen atoms in total. The second-order valence-corrected chi connectivity index (χ2v) is 10.7. The number of amides is 1. The van der Waals surface area contributed by atoms with Crippen molar-refractivity contribution in [2.75, 3.05) is 19.7 Å². The highest BCUT2D eigenvalue weighted by Crippen LogP contribution is 2.27. The molecule has 9 heteroatoms. The first kappa shape index (κ1) is 24.8. The van der Waals surface area contributed by atoms with Crippen LogP contribution in [-0.2, 0) is 20.6 Å². The quantitative estimate of drug-likeness (QED) is 0.566. The van der Waals surface area contributed by atoms with Crippen molar-refractivity contribution in [2.45, 2.75) is 38.5 Å². The first-order chi connectivity index (χ1) is 15.2. The van der Waals surface area contributed by atoms with E-state index in [1.54, 1.807) is 12.1 Å². The summed E-state index contributed by atoms with van der Waals surface area (Å²) in [5.74, 6) is 0.0174. The van der Waals surface area contributed by atoms with E-state index >= 15 is 0 Å². The lowest BCUT2D eigenvalue weighted by Gasteiger charge is -2.32. The highest BCUT2D eigenvalue weighted by Gasteiger charge is 2.33. The normalized spacial score (nSPS) is 18.2. The summed E-state index contributed by atoms with van der Waals surface area (Å²) < 4.78 is 32.8. The molecule has 1 aliphatic heterocycles. The number of nitrogens with zero attached hydrogens (tertiary/aromatic N) is 1. The average molecular weight is 499 g/mol. The Morgan fingerprint density at radius 1 is 1.22 bits per heavy atom. The fourth-order valence-corrected chi connectivity index (χ4v) is 5.97. The zero-order chi connectivity index (χ0) is 23.3. The molecule has 1 N–H and O–H groups in total. The molecule has 0 radical (unpaired) electrons. The summed E-state index contributed by atoms with van der Waals surface area (Å²) in [4.78, 5) is 12.9. The zero-order valence-corrected chi connectivity index (χ0v) is 20.5. The van der Waals surface area contributed by atoms with Gasteiger partial charge in [-0.3, -0.25) is 4.79 Å². The van der Waals surface area contributed by atoms with Gasteiger partial charge < -0.3 is 10.1 Å². The zero-order valence-electron chi connectivity index (χ0n) is 18.2. The highest BCUT2D eigenvalue weighted by atomic mass is 35.5. The van der Waals surface area contributed by atoms with Crippen LogP contribution in [0.25, 0.3) is 0 Å². The summed E-state index contributed by atoms with van der Waals surface area (Å²) in [6.07, 6.45) is 1.28. The Bertz CT molecular complexity index is 1040. The monoisotopic (exact) mass is 498 g/mol. The minimum absolute atomic E-state index is 0.143. The fraction of sp³-hybridized carbons (Fsp3) is 0.435. The van der Waals surface area contributed by atoms with Gasteiger partial charge in [-0.2, -0.15) is 0 Å². The summed E-state index contributed by atoms with van der Waals surface area (Å²) in [6.45, 7) is 4.99. The summed E-state index contributed by atoms with van der Waals surface area (Å²) >= 11 is 12.1. The Kier molecular flexibility index (Phi) is 8.44. The van der Waals surface area contributed by atoms with Crippen molar-refractivity contribution in [1.82, 2.24) is 9.62 Å². The van der Waals surface area contributed by atoms with E-state index in [1.807, 2.05) is 38.1 Å². The SMILES string of the molecule is CCOc1ccc([C@@H](C)NC(=O)[C@H]2CCCN(S(=O)(=O)Cc3ccc(Cl)cc3Cl)C2)cc1. The molecular formula is C23H28Cl2N2O4S. The lowest BCUT2D eigenvalue weighted by atomic mass is 9.98. The Labute approximate surface area is 199 Å². The van der Waals surface area contributed by atoms with Crippen molar-refractivity contribution in [1.29, 1.82) is 0 Å². The number of ether oxygens (including phenoxy) is 1. The maximum atomic E-state index is 13.0. The number of carbonyl (C=O) groups excluding carboxylic acids is 1. The summed E-state index contributed by atoms with van der Waals surface area (Å²) in [7, 11) is -3.62. The lowest BCUT2D eigenvalue weighted by Crippen LogP contribution is -2.46. The van der Waals surface area contributed by atoms with Crippen molar-refractivity contribution in [3.05, 3.63) is 63.6 Å². The van der Waals surface area contributed by atoms with Gasteiger partial charge in [0, 0.05) is 23.1 Å². The lowest BCUT2D eigenvalue weighted by molar-refractivity contribution is -0.126. The molecule has 1 aliphatic rings. The molecule has 2 aromatic rings. The van der Waals surface area contributed by atoms with Gasteiger partial charge in [-0.05, 0) is 62.1 Å². The van der Waals surface area contributed by atoms with Gasteiger partial charge in [-0.1, -0.05) is 41.4 Å². The summed E-state index contributed by atoms with van der Waals surface area (Å²) in [5, 5.41) is 3.79. The number of nitrogens with one attached hydrogen (secondary N) is 1. The molecule has 0 aliphatic carbocycles. The van der Waals surface area contributed by atoms with Gasteiger partial charge in [-0.25, -0.2) is 12.7 Å². The largest absolute Gasteiger partial charge is 0.494 e. The van der Waals surface area contributed by atoms with Gasteiger partial charge in [0.2, 0.25) is 15.9 Å². The molecule has 0 unspecified atom stereocenters. The van der Waals surface area contributed by atoms with Crippen molar-refractivity contribution in [3.8, 4) is 5.75 Å². The Morgan fingerprint density at radius 3 is 2.59 bits per heavy atom. The van der Waals surface area contributed by atoms with E-state index in [2.05, 4.69) is 5.32 Å². The van der Waals surface area contributed by atoms with E-state index in [0.717, 1.165) is 11.3 Å². The van der Waals surface area contributed by atoms with Crippen LogP contribution in [0.2, 0.25) is 10.0 Å². The Morgan fingerprint density at radius 2 is 1.94 bits per heavy atom. The molecule has 2 aromatic carbocycles. The number of piperidine rings is 1. The molecule has 1 amide bonds. The predicted molar refractivity (Wildman–Crippen MR) is 128 cm³/mol. The first-order valence-corrected chi connectivity index (χ1v) is 13.0. The molecule has 1 fully saturated rings. The third-order valence-corrected chi connectivity index (χ3v) is 7.93. The van der Waals surface area contributed by atoms with Crippen LogP contribution in [0.5, 0.6) is 5.75 Å². The van der Waals surface area contributed by atoms with Gasteiger partial charge >= 0.3 is 0 Å². The molecule has 0 saturated carbocycles. The summed E-state index contributed by atoms with van der Waals surface area (Å²) in [6, 6.07) is 12.2. The van der Waals surface area contributed by atoms with Crippen LogP contribution in [-0.4, -0.2) is 38.3 Å². The molecular weight excluding hydrogens is 471 g/mol. The van der Waals surface area contributed by atoms with Crippen molar-refractivity contribution < 1.29 is 17.9 Å². The van der Waals surface area contributed by atoms with E-state index in [1.165, 1.54) is 10.4 Å². The molecule has 0 bridgehead atoms. The van der Waals surface area contributed by atoms with E-state index in [-0.39, 0.29) is 24.2 Å². The van der Waals surface area contributed by atoms with Gasteiger partial charge in [0.05, 0.1) is 24.3 Å². The van der Waals surface area contributed by atoms with Crippen LogP contribution in [0.1, 0.15) is 43.9 Å². The van der Waals surface area contributed by atoms with Crippen molar-refractivity contribution in [3.63, 3.8) is 0 Å². The minimum atomic E-state index is -3.62. The number of halogens is 2. The van der Waals surface area contributed by atoms with Gasteiger partial charge in [0.15, 0.2) is 0 Å². The van der Waals surface area contributed by atoms with E-state index in [9.17, 15) is 13.2 Å². The molecule has 1 heterocycles. The van der Waals surface area contributed by atoms with Crippen LogP contribution < -0.4 is 10.1 Å². The van der Waals surface area contributed by atoms with Crippen LogP contribution in [0, 0.1) is 5.92 Å². The minimum Gasteiger partial charge on any atom is -0.494 e. The molecule has 3 rings (SSSR count). The number of sulfonamides is 1. The number of hydrogen-bond acceptors (Lipinski definition) is 4. The average Bonchev–Trinajstić information content (AvgIpc) is 2.76. The van der Waals surface area contributed by atoms with Crippen LogP contribution in [0.4, 0.5) is 0 Å². The van der Waals surface area contributed by atoms with Crippen LogP contribution >= 0.6 is 23.2 Å². The fourth-order valence-electron chi connectivity index (χ4n) is 3.77. The van der Waals surface area contributed by atoms with Crippen molar-refractivity contribution in [2.24, 2.45) is 5.92 Å². The second kappa shape index (κ2) is 10.9. The topological polar surface area (TPSA) is 75.7 Å². The summed E-state index contributed by atoms with van der Waals surface area (Å²) in [5.41, 5.74) is 1.45. The number of benzene rings is 2. The van der Waals surface area contributed by atoms with E-state index in [4.69, 9.17) is 27.9 Å². The second-order valence-electron chi connectivity index (χ2n) is 7.92. The maximum absolute atomic E-state index is 13.0. The predicted octanol–water partition coefficient (Wildman–Crippen LogP) is 4.81. The molecule has 174 valence electrons. The third kappa shape index (κ3) is 6.38. The van der Waals surface area contributed by atoms with E-state index < -0.39 is 15.9 Å². The Hall–Kier alpha value is -1.80. The first-order valence-electron chi connectivity index (χ1n) is 10.6. The molecule has 0 spiro atoms.